The van der Waals surface area contributed by atoms with Gasteiger partial charge in [-0.2, -0.15) is 5.10 Å². The molecule has 6 nitrogen and oxygen atoms in total. The predicted molar refractivity (Wildman–Crippen MR) is 111 cm³/mol. The number of para-hydroxylation sites is 1. The molecule has 1 amide bonds. The van der Waals surface area contributed by atoms with Crippen molar-refractivity contribution < 1.29 is 9.53 Å². The van der Waals surface area contributed by atoms with Crippen LogP contribution in [0.4, 0.5) is 0 Å². The van der Waals surface area contributed by atoms with Crippen LogP contribution in [0.15, 0.2) is 33.8 Å². The molecule has 1 aliphatic heterocycles. The summed E-state index contributed by atoms with van der Waals surface area (Å²) in [4.78, 5) is 14.1. The summed E-state index contributed by atoms with van der Waals surface area (Å²) < 4.78 is 8.48. The summed E-state index contributed by atoms with van der Waals surface area (Å²) in [5, 5.41) is 4.17. The number of carbonyl (C=O) groups is 1. The molecule has 0 unspecified atom stereocenters. The lowest BCUT2D eigenvalue weighted by molar-refractivity contribution is -0.123. The first kappa shape index (κ1) is 19.8. The van der Waals surface area contributed by atoms with Gasteiger partial charge in [-0.1, -0.05) is 18.2 Å². The number of morpholine rings is 1. The first-order chi connectivity index (χ1) is 13.0. The van der Waals surface area contributed by atoms with Gasteiger partial charge in [0, 0.05) is 40.2 Å². The molecule has 144 valence electrons. The Hall–Kier alpha value is -1.96. The Morgan fingerprint density at radius 1 is 1.22 bits per heavy atom. The molecule has 3 rings (SSSR count). The highest BCUT2D eigenvalue weighted by atomic mass is 79.9. The molecule has 2 aromatic rings. The standard InChI is InChI=1S/C20H25BrN4O2/c1-14-6-4-5-7-18(14)25-15(2)17(20(21)16(25)3)12-22-23-19(26)13-24-8-10-27-11-9-24/h4-7,12H,8-11,13H2,1-3H3,(H,23,26)/b22-12-. The molecule has 1 saturated heterocycles. The van der Waals surface area contributed by atoms with Crippen LogP contribution >= 0.6 is 15.9 Å². The van der Waals surface area contributed by atoms with Gasteiger partial charge in [0.05, 0.1) is 26.0 Å². The third-order valence-corrected chi connectivity index (χ3v) is 5.83. The number of carbonyl (C=O) groups excluding carboxylic acids is 1. The lowest BCUT2D eigenvalue weighted by atomic mass is 10.2. The molecular formula is C20H25BrN4O2. The van der Waals surface area contributed by atoms with E-state index in [2.05, 4.69) is 68.8 Å². The maximum atomic E-state index is 12.1. The lowest BCUT2D eigenvalue weighted by Gasteiger charge is -2.25. The van der Waals surface area contributed by atoms with E-state index in [-0.39, 0.29) is 5.91 Å². The van der Waals surface area contributed by atoms with E-state index in [0.29, 0.717) is 19.8 Å². The van der Waals surface area contributed by atoms with Crippen molar-refractivity contribution in [1.29, 1.82) is 0 Å². The van der Waals surface area contributed by atoms with E-state index >= 15 is 0 Å². The first-order valence-electron chi connectivity index (χ1n) is 9.04. The molecule has 0 spiro atoms. The number of hydrogen-bond acceptors (Lipinski definition) is 4. The van der Waals surface area contributed by atoms with Gasteiger partial charge in [0.2, 0.25) is 0 Å². The summed E-state index contributed by atoms with van der Waals surface area (Å²) in [6.07, 6.45) is 1.71. The van der Waals surface area contributed by atoms with Crippen LogP contribution in [0.25, 0.3) is 5.69 Å². The smallest absolute Gasteiger partial charge is 0.254 e. The van der Waals surface area contributed by atoms with Crippen LogP contribution in [0.2, 0.25) is 0 Å². The third-order valence-electron chi connectivity index (χ3n) is 4.82. The fraction of sp³-hybridized carbons (Fsp3) is 0.400. The monoisotopic (exact) mass is 432 g/mol. The summed E-state index contributed by atoms with van der Waals surface area (Å²) in [5.41, 5.74) is 8.11. The number of aromatic nitrogens is 1. The molecule has 2 heterocycles. The minimum absolute atomic E-state index is 0.114. The number of hydrazone groups is 1. The van der Waals surface area contributed by atoms with E-state index in [0.717, 1.165) is 40.2 Å². The number of rotatable bonds is 5. The van der Waals surface area contributed by atoms with Gasteiger partial charge in [-0.05, 0) is 48.3 Å². The Morgan fingerprint density at radius 2 is 1.93 bits per heavy atom. The average Bonchev–Trinajstić information content (AvgIpc) is 2.86. The summed E-state index contributed by atoms with van der Waals surface area (Å²) in [7, 11) is 0. The number of nitrogens with zero attached hydrogens (tertiary/aromatic N) is 3. The first-order valence-corrected chi connectivity index (χ1v) is 9.83. The highest BCUT2D eigenvalue weighted by Crippen LogP contribution is 2.30. The number of aryl methyl sites for hydroxylation is 1. The van der Waals surface area contributed by atoms with Crippen LogP contribution in [-0.2, 0) is 9.53 Å². The summed E-state index contributed by atoms with van der Waals surface area (Å²) >= 11 is 3.67. The molecule has 7 heteroatoms. The molecular weight excluding hydrogens is 408 g/mol. The zero-order chi connectivity index (χ0) is 19.4. The minimum Gasteiger partial charge on any atom is -0.379 e. The van der Waals surface area contributed by atoms with Crippen molar-refractivity contribution in [3.8, 4) is 5.69 Å². The Morgan fingerprint density at radius 3 is 2.63 bits per heavy atom. The second kappa shape index (κ2) is 8.82. The van der Waals surface area contributed by atoms with Crippen molar-refractivity contribution in [2.24, 2.45) is 5.10 Å². The van der Waals surface area contributed by atoms with E-state index in [9.17, 15) is 4.79 Å². The topological polar surface area (TPSA) is 58.9 Å². The molecule has 0 aliphatic carbocycles. The molecule has 1 N–H and O–H groups in total. The molecule has 1 aromatic heterocycles. The zero-order valence-corrected chi connectivity index (χ0v) is 17.5. The number of hydrogen-bond donors (Lipinski definition) is 1. The van der Waals surface area contributed by atoms with Crippen LogP contribution < -0.4 is 5.43 Å². The maximum absolute atomic E-state index is 12.1. The molecule has 0 bridgehead atoms. The zero-order valence-electron chi connectivity index (χ0n) is 16.0. The SMILES string of the molecule is Cc1ccccc1-n1c(C)c(Br)c(/C=N\NC(=O)CN2CCOCC2)c1C. The average molecular weight is 433 g/mol. The van der Waals surface area contributed by atoms with E-state index < -0.39 is 0 Å². The van der Waals surface area contributed by atoms with Crippen LogP contribution in [0.1, 0.15) is 22.5 Å². The van der Waals surface area contributed by atoms with Crippen LogP contribution in [0.5, 0.6) is 0 Å². The quantitative estimate of drug-likeness (QED) is 0.583. The van der Waals surface area contributed by atoms with E-state index in [4.69, 9.17) is 4.74 Å². The fourth-order valence-electron chi connectivity index (χ4n) is 3.32. The highest BCUT2D eigenvalue weighted by molar-refractivity contribution is 9.10. The van der Waals surface area contributed by atoms with Crippen molar-refractivity contribution in [3.05, 3.63) is 51.3 Å². The second-order valence-electron chi connectivity index (χ2n) is 6.70. The van der Waals surface area contributed by atoms with Gasteiger partial charge in [-0.3, -0.25) is 9.69 Å². The molecule has 1 fully saturated rings. The Kier molecular flexibility index (Phi) is 6.46. The number of amides is 1. The van der Waals surface area contributed by atoms with Gasteiger partial charge in [0.15, 0.2) is 0 Å². The summed E-state index contributed by atoms with van der Waals surface area (Å²) in [5.74, 6) is -0.114. The number of nitrogens with one attached hydrogen (secondary N) is 1. The number of ether oxygens (including phenoxy) is 1. The molecule has 0 radical (unpaired) electrons. The molecule has 0 saturated carbocycles. The van der Waals surface area contributed by atoms with Crippen molar-refractivity contribution >= 4 is 28.1 Å². The van der Waals surface area contributed by atoms with Crippen molar-refractivity contribution in [3.63, 3.8) is 0 Å². The van der Waals surface area contributed by atoms with Gasteiger partial charge < -0.3 is 9.30 Å². The van der Waals surface area contributed by atoms with Gasteiger partial charge >= 0.3 is 0 Å². The normalized spacial score (nSPS) is 15.4. The van der Waals surface area contributed by atoms with Crippen molar-refractivity contribution in [1.82, 2.24) is 14.9 Å². The summed E-state index contributed by atoms with van der Waals surface area (Å²) in [6.45, 7) is 9.47. The molecule has 1 aromatic carbocycles. The van der Waals surface area contributed by atoms with E-state index in [1.54, 1.807) is 6.21 Å². The van der Waals surface area contributed by atoms with Gasteiger partial charge in [0.1, 0.15) is 0 Å². The molecule has 1 aliphatic rings. The van der Waals surface area contributed by atoms with Gasteiger partial charge in [-0.15, -0.1) is 0 Å². The van der Waals surface area contributed by atoms with Crippen molar-refractivity contribution in [2.75, 3.05) is 32.8 Å². The summed E-state index contributed by atoms with van der Waals surface area (Å²) in [6, 6.07) is 8.28. The van der Waals surface area contributed by atoms with E-state index in [1.807, 2.05) is 12.1 Å². The Bertz CT molecular complexity index is 854. The Balaban J connectivity index is 1.73. The van der Waals surface area contributed by atoms with Gasteiger partial charge in [-0.25, -0.2) is 5.43 Å². The van der Waals surface area contributed by atoms with Gasteiger partial charge in [0.25, 0.3) is 5.91 Å². The molecule has 27 heavy (non-hydrogen) atoms. The molecule has 0 atom stereocenters. The minimum atomic E-state index is -0.114. The second-order valence-corrected chi connectivity index (χ2v) is 7.50. The van der Waals surface area contributed by atoms with Crippen LogP contribution in [-0.4, -0.2) is 54.4 Å². The predicted octanol–water partition coefficient (Wildman–Crippen LogP) is 2.95. The lowest BCUT2D eigenvalue weighted by Crippen LogP contribution is -2.42. The maximum Gasteiger partial charge on any atom is 0.254 e. The van der Waals surface area contributed by atoms with Crippen molar-refractivity contribution in [2.45, 2.75) is 20.8 Å². The highest BCUT2D eigenvalue weighted by Gasteiger charge is 2.17. The largest absolute Gasteiger partial charge is 0.379 e. The Labute approximate surface area is 168 Å². The van der Waals surface area contributed by atoms with E-state index in [1.165, 1.54) is 5.56 Å². The van der Waals surface area contributed by atoms with Crippen LogP contribution in [0, 0.1) is 20.8 Å². The number of benzene rings is 1. The van der Waals surface area contributed by atoms with Crippen LogP contribution in [0.3, 0.4) is 0 Å². The fourth-order valence-corrected chi connectivity index (χ4v) is 3.88. The number of halogens is 1. The third kappa shape index (κ3) is 4.48.